The number of imidazole rings is 1. The molecule has 0 aliphatic rings. The minimum Gasteiger partial charge on any atom is -0.338 e. The lowest BCUT2D eigenvalue weighted by Gasteiger charge is -2.19. The van der Waals surface area contributed by atoms with Crippen LogP contribution in [0.5, 0.6) is 0 Å². The minimum absolute atomic E-state index is 0.149. The molecule has 1 atom stereocenters. The summed E-state index contributed by atoms with van der Waals surface area (Å²) in [5, 5.41) is 5.90. The van der Waals surface area contributed by atoms with Gasteiger partial charge in [-0.05, 0) is 40.6 Å². The maximum absolute atomic E-state index is 13.0. The van der Waals surface area contributed by atoms with Crippen LogP contribution in [0.3, 0.4) is 0 Å². The first-order valence-corrected chi connectivity index (χ1v) is 9.02. The molecule has 27 heavy (non-hydrogen) atoms. The van der Waals surface area contributed by atoms with Gasteiger partial charge in [-0.2, -0.15) is 0 Å². The average molecular weight is 376 g/mol. The van der Waals surface area contributed by atoms with Crippen LogP contribution in [0.25, 0.3) is 10.8 Å². The minimum atomic E-state index is -0.374. The Bertz CT molecular complexity index is 1100. The Hall–Kier alpha value is -3.11. The van der Waals surface area contributed by atoms with Gasteiger partial charge in [0, 0.05) is 30.0 Å². The lowest BCUT2D eigenvalue weighted by atomic mass is 10.0. The third-order valence-corrected chi connectivity index (χ3v) is 4.86. The number of halogens is 1. The fourth-order valence-electron chi connectivity index (χ4n) is 3.15. The van der Waals surface area contributed by atoms with Gasteiger partial charge in [0.15, 0.2) is 0 Å². The number of amides is 1. The highest BCUT2D eigenvalue weighted by Gasteiger charge is 2.21. The van der Waals surface area contributed by atoms with Crippen LogP contribution in [0.2, 0.25) is 5.02 Å². The van der Waals surface area contributed by atoms with Crippen LogP contribution < -0.4 is 5.32 Å². The normalized spacial score (nSPS) is 12.1. The van der Waals surface area contributed by atoms with E-state index in [9.17, 15) is 4.79 Å². The van der Waals surface area contributed by atoms with E-state index >= 15 is 0 Å². The molecule has 1 N–H and O–H groups in total. The first-order chi connectivity index (χ1) is 13.1. The summed E-state index contributed by atoms with van der Waals surface area (Å²) in [5.74, 6) is 0.607. The van der Waals surface area contributed by atoms with Crippen molar-refractivity contribution in [1.82, 2.24) is 14.9 Å². The third-order valence-electron chi connectivity index (χ3n) is 4.61. The van der Waals surface area contributed by atoms with Gasteiger partial charge in [0.2, 0.25) is 0 Å². The Morgan fingerprint density at radius 1 is 1.04 bits per heavy atom. The number of nitrogens with one attached hydrogen (secondary N) is 1. The molecule has 0 aliphatic heterocycles. The van der Waals surface area contributed by atoms with E-state index in [0.29, 0.717) is 10.6 Å². The maximum Gasteiger partial charge on any atom is 0.252 e. The first-order valence-electron chi connectivity index (χ1n) is 8.64. The molecular formula is C22H18ClN3O. The Morgan fingerprint density at radius 3 is 2.48 bits per heavy atom. The molecule has 0 saturated carbocycles. The third kappa shape index (κ3) is 3.57. The van der Waals surface area contributed by atoms with Gasteiger partial charge in [-0.25, -0.2) is 4.98 Å². The summed E-state index contributed by atoms with van der Waals surface area (Å²) in [6.45, 7) is 0. The molecule has 1 aromatic heterocycles. The summed E-state index contributed by atoms with van der Waals surface area (Å²) >= 11 is 6.02. The van der Waals surface area contributed by atoms with E-state index in [1.165, 1.54) is 0 Å². The zero-order valence-electron chi connectivity index (χ0n) is 14.8. The number of rotatable bonds is 4. The van der Waals surface area contributed by atoms with Gasteiger partial charge in [0.1, 0.15) is 11.9 Å². The molecule has 0 bridgehead atoms. The van der Waals surface area contributed by atoms with Gasteiger partial charge in [-0.3, -0.25) is 4.79 Å². The van der Waals surface area contributed by atoms with Gasteiger partial charge < -0.3 is 9.88 Å². The van der Waals surface area contributed by atoms with Crippen LogP contribution in [0.4, 0.5) is 0 Å². The number of carbonyl (C=O) groups excluding carboxylic acids is 1. The van der Waals surface area contributed by atoms with Crippen molar-refractivity contribution in [1.29, 1.82) is 0 Å². The van der Waals surface area contributed by atoms with E-state index in [-0.39, 0.29) is 11.9 Å². The number of aromatic nitrogens is 2. The van der Waals surface area contributed by atoms with Crippen molar-refractivity contribution in [2.75, 3.05) is 0 Å². The highest BCUT2D eigenvalue weighted by molar-refractivity contribution is 6.30. The summed E-state index contributed by atoms with van der Waals surface area (Å²) < 4.78 is 1.90. The molecule has 0 fully saturated rings. The number of nitrogens with zero attached hydrogens (tertiary/aromatic N) is 2. The Balaban J connectivity index is 1.69. The van der Waals surface area contributed by atoms with Gasteiger partial charge in [0.25, 0.3) is 5.91 Å². The molecule has 4 aromatic rings. The Labute approximate surface area is 162 Å². The van der Waals surface area contributed by atoms with E-state index < -0.39 is 0 Å². The molecular weight excluding hydrogens is 358 g/mol. The number of carbonyl (C=O) groups is 1. The number of benzene rings is 3. The van der Waals surface area contributed by atoms with Gasteiger partial charge in [-0.1, -0.05) is 54.1 Å². The molecule has 134 valence electrons. The molecule has 0 spiro atoms. The second-order valence-electron chi connectivity index (χ2n) is 6.42. The zero-order valence-corrected chi connectivity index (χ0v) is 15.5. The van der Waals surface area contributed by atoms with Crippen molar-refractivity contribution in [3.05, 3.63) is 101 Å². The standard InChI is InChI=1S/C22H18ClN3O/c1-26-13-12-24-21(26)20(16-8-10-19(23)11-9-16)25-22(27)18-7-6-15-4-2-3-5-17(15)14-18/h2-14,20H,1H3,(H,25,27)/t20-/m1/s1. The van der Waals surface area contributed by atoms with E-state index in [1.807, 2.05) is 84.5 Å². The Morgan fingerprint density at radius 2 is 1.78 bits per heavy atom. The quantitative estimate of drug-likeness (QED) is 0.559. The monoisotopic (exact) mass is 375 g/mol. The van der Waals surface area contributed by atoms with E-state index in [0.717, 1.165) is 22.2 Å². The number of fused-ring (bicyclic) bond motifs is 1. The SMILES string of the molecule is Cn1ccnc1[C@H](NC(=O)c1ccc2ccccc2c1)c1ccc(Cl)cc1. The summed E-state index contributed by atoms with van der Waals surface area (Å²) in [6, 6.07) is 20.8. The number of aryl methyl sites for hydroxylation is 1. The van der Waals surface area contributed by atoms with Crippen LogP contribution in [0.1, 0.15) is 27.8 Å². The molecule has 4 rings (SSSR count). The molecule has 1 amide bonds. The van der Waals surface area contributed by atoms with E-state index in [4.69, 9.17) is 11.6 Å². The predicted molar refractivity (Wildman–Crippen MR) is 108 cm³/mol. The summed E-state index contributed by atoms with van der Waals surface area (Å²) in [7, 11) is 1.91. The summed E-state index contributed by atoms with van der Waals surface area (Å²) in [6.07, 6.45) is 3.58. The predicted octanol–water partition coefficient (Wildman–Crippen LogP) is 4.75. The van der Waals surface area contributed by atoms with Crippen molar-refractivity contribution in [2.24, 2.45) is 7.05 Å². The van der Waals surface area contributed by atoms with Crippen molar-refractivity contribution in [2.45, 2.75) is 6.04 Å². The highest BCUT2D eigenvalue weighted by atomic mass is 35.5. The van der Waals surface area contributed by atoms with Crippen LogP contribution in [0.15, 0.2) is 79.1 Å². The molecule has 5 heteroatoms. The number of hydrogen-bond acceptors (Lipinski definition) is 2. The highest BCUT2D eigenvalue weighted by Crippen LogP contribution is 2.23. The van der Waals surface area contributed by atoms with Crippen molar-refractivity contribution < 1.29 is 4.79 Å². The maximum atomic E-state index is 13.0. The van der Waals surface area contributed by atoms with E-state index in [1.54, 1.807) is 6.20 Å². The first kappa shape index (κ1) is 17.3. The smallest absolute Gasteiger partial charge is 0.252 e. The van der Waals surface area contributed by atoms with Crippen LogP contribution in [0, 0.1) is 0 Å². The number of hydrogen-bond donors (Lipinski definition) is 1. The van der Waals surface area contributed by atoms with E-state index in [2.05, 4.69) is 10.3 Å². The van der Waals surface area contributed by atoms with Gasteiger partial charge in [0.05, 0.1) is 0 Å². The molecule has 0 radical (unpaired) electrons. The van der Waals surface area contributed by atoms with Crippen LogP contribution >= 0.6 is 11.6 Å². The molecule has 1 heterocycles. The second-order valence-corrected chi connectivity index (χ2v) is 6.85. The zero-order chi connectivity index (χ0) is 18.8. The van der Waals surface area contributed by atoms with Crippen molar-refractivity contribution in [3.8, 4) is 0 Å². The lowest BCUT2D eigenvalue weighted by Crippen LogP contribution is -2.31. The molecule has 4 nitrogen and oxygen atoms in total. The van der Waals surface area contributed by atoms with Gasteiger partial charge >= 0.3 is 0 Å². The fourth-order valence-corrected chi connectivity index (χ4v) is 3.28. The lowest BCUT2D eigenvalue weighted by molar-refractivity contribution is 0.0941. The second kappa shape index (κ2) is 7.25. The van der Waals surface area contributed by atoms with Crippen molar-refractivity contribution in [3.63, 3.8) is 0 Å². The topological polar surface area (TPSA) is 46.9 Å². The molecule has 3 aromatic carbocycles. The molecule has 0 saturated heterocycles. The van der Waals surface area contributed by atoms with Gasteiger partial charge in [-0.15, -0.1) is 0 Å². The summed E-state index contributed by atoms with van der Waals surface area (Å²) in [5.41, 5.74) is 1.53. The largest absolute Gasteiger partial charge is 0.338 e. The van der Waals surface area contributed by atoms with Crippen LogP contribution in [-0.4, -0.2) is 15.5 Å². The van der Waals surface area contributed by atoms with Crippen molar-refractivity contribution >= 4 is 28.3 Å². The Kier molecular flexibility index (Phi) is 4.65. The summed E-state index contributed by atoms with van der Waals surface area (Å²) in [4.78, 5) is 17.4. The molecule has 0 aliphatic carbocycles. The van der Waals surface area contributed by atoms with Crippen LogP contribution in [-0.2, 0) is 7.05 Å². The average Bonchev–Trinajstić information content (AvgIpc) is 3.12. The fraction of sp³-hybridized carbons (Fsp3) is 0.0909. The molecule has 0 unspecified atom stereocenters.